The van der Waals surface area contributed by atoms with Gasteiger partial charge in [-0.2, -0.15) is 11.8 Å². The molecule has 2 unspecified atom stereocenters. The first-order valence-electron chi connectivity index (χ1n) is 22.8. The van der Waals surface area contributed by atoms with E-state index in [2.05, 4.69) is 15.5 Å². The minimum atomic E-state index is -1.40. The summed E-state index contributed by atoms with van der Waals surface area (Å²) in [6, 6.07) is 8.82. The summed E-state index contributed by atoms with van der Waals surface area (Å²) in [5.41, 5.74) is 8.41. The average molecular weight is 901 g/mol. The summed E-state index contributed by atoms with van der Waals surface area (Å²) < 4.78 is 5.78. The van der Waals surface area contributed by atoms with Gasteiger partial charge in [-0.1, -0.05) is 49.4 Å². The van der Waals surface area contributed by atoms with E-state index < -0.39 is 83.8 Å². The van der Waals surface area contributed by atoms with Crippen LogP contribution in [0.5, 0.6) is 0 Å². The highest BCUT2D eigenvalue weighted by molar-refractivity contribution is 8.00. The summed E-state index contributed by atoms with van der Waals surface area (Å²) in [6.07, 6.45) is 1.87. The SMILES string of the molecule is CCC1NC(=O)[C@@H](N)[C@@H](C)OC(=O)[C@H](c2ccccc2)NC(=O)[C@@H]2CC(=O)[C@H](CSC3CN4CCC3CC4)CN2C(=O)[C@H](Cc2ccc(N(C)C)cc2)N(C)C(=O)[C@@H]2CCCN2C1=O. The first kappa shape index (κ1) is 47.0. The second-order valence-electron chi connectivity index (χ2n) is 18.3. The second-order valence-corrected chi connectivity index (χ2v) is 19.6. The molecule has 4 N–H and O–H groups in total. The Bertz CT molecular complexity index is 2050. The highest BCUT2D eigenvalue weighted by Crippen LogP contribution is 2.37. The smallest absolute Gasteiger partial charge is 0.333 e. The van der Waals surface area contributed by atoms with Crippen molar-refractivity contribution in [2.24, 2.45) is 17.6 Å². The molecule has 17 heteroatoms. The van der Waals surface area contributed by atoms with Gasteiger partial charge in [0.05, 0.1) is 0 Å². The zero-order valence-corrected chi connectivity index (χ0v) is 38.5. The number of Topliss-reactive ketones (excluding diaryl/α,β-unsaturated/α-hetero) is 1. The third-order valence-corrected chi connectivity index (χ3v) is 15.5. The Hall–Kier alpha value is -5.00. The Morgan fingerprint density at radius 2 is 1.52 bits per heavy atom. The maximum atomic E-state index is 15.5. The number of ether oxygens (including phenoxy) is 1. The van der Waals surface area contributed by atoms with Gasteiger partial charge in [-0.3, -0.25) is 28.8 Å². The number of cyclic esters (lactones) is 1. The van der Waals surface area contributed by atoms with Gasteiger partial charge in [0.15, 0.2) is 6.04 Å². The zero-order chi connectivity index (χ0) is 45.8. The number of piperidine rings is 4. The number of anilines is 1. The van der Waals surface area contributed by atoms with E-state index in [1.54, 1.807) is 56.1 Å². The molecular formula is C47H64N8O8S. The standard InChI is InChI=1S/C47H64N8O8S/c1-6-34-44(59)54-20-10-13-35(54)45(60)52(5)37(23-29-14-16-33(17-15-29)51(3)4)46(61)55-25-32(27-64-39-26-53-21-18-30(39)19-22-53)38(56)24-36(55)42(57)50-41(31-11-8-7-9-12-31)47(62)63-28(2)40(48)43(58)49-34/h7-9,11-12,14-17,28,30,32,34-37,39-41H,6,10,13,18-27,48H2,1-5H3,(H,49,58)(H,50,57)/t28-,32+,34?,35+,36+,37+,39?,40+,41+/m1/s1. The molecule has 346 valence electrons. The van der Waals surface area contributed by atoms with Gasteiger partial charge >= 0.3 is 5.97 Å². The lowest BCUT2D eigenvalue weighted by Crippen LogP contribution is -2.63. The van der Waals surface area contributed by atoms with Gasteiger partial charge in [0, 0.05) is 76.2 Å². The summed E-state index contributed by atoms with van der Waals surface area (Å²) in [5, 5.41) is 5.88. The van der Waals surface area contributed by atoms with Gasteiger partial charge in [-0.15, -0.1) is 0 Å². The van der Waals surface area contributed by atoms with Crippen LogP contribution < -0.4 is 21.3 Å². The molecule has 6 heterocycles. The number of amides is 5. The number of fused-ring (bicyclic) bond motifs is 5. The first-order chi connectivity index (χ1) is 30.6. The van der Waals surface area contributed by atoms with Gasteiger partial charge in [-0.05, 0) is 81.3 Å². The van der Waals surface area contributed by atoms with Crippen LogP contribution in [0.15, 0.2) is 54.6 Å². The van der Waals surface area contributed by atoms with Crippen molar-refractivity contribution in [2.45, 2.75) is 106 Å². The number of carbonyl (C=O) groups is 7. The van der Waals surface area contributed by atoms with Gasteiger partial charge < -0.3 is 45.6 Å². The molecule has 6 aliphatic rings. The van der Waals surface area contributed by atoms with Crippen molar-refractivity contribution in [3.8, 4) is 0 Å². The number of likely N-dealkylation sites (N-methyl/N-ethyl adjacent to an activating group) is 1. The van der Waals surface area contributed by atoms with Gasteiger partial charge in [0.2, 0.25) is 29.5 Å². The lowest BCUT2D eigenvalue weighted by Gasteiger charge is -2.45. The number of ketones is 1. The van der Waals surface area contributed by atoms with E-state index in [1.807, 2.05) is 43.3 Å². The van der Waals surface area contributed by atoms with Crippen molar-refractivity contribution in [3.05, 3.63) is 65.7 Å². The number of carbonyl (C=O) groups excluding carboxylic acids is 7. The number of thioether (sulfide) groups is 1. The summed E-state index contributed by atoms with van der Waals surface area (Å²) in [7, 11) is 5.40. The van der Waals surface area contributed by atoms with Crippen LogP contribution >= 0.6 is 11.8 Å². The maximum absolute atomic E-state index is 15.5. The fraction of sp³-hybridized carbons (Fsp3) is 0.596. The molecule has 0 spiro atoms. The number of nitrogens with zero attached hydrogens (tertiary/aromatic N) is 5. The van der Waals surface area contributed by atoms with Gasteiger partial charge in [0.1, 0.15) is 42.1 Å². The predicted molar refractivity (Wildman–Crippen MR) is 243 cm³/mol. The van der Waals surface area contributed by atoms with Crippen LogP contribution in [0.4, 0.5) is 5.69 Å². The first-order valence-corrected chi connectivity index (χ1v) is 23.8. The maximum Gasteiger partial charge on any atom is 0.333 e. The second kappa shape index (κ2) is 20.4. The summed E-state index contributed by atoms with van der Waals surface area (Å²) in [5.74, 6) is -3.53. The van der Waals surface area contributed by atoms with Crippen LogP contribution in [0, 0.1) is 11.8 Å². The monoisotopic (exact) mass is 900 g/mol. The average Bonchev–Trinajstić information content (AvgIpc) is 3.80. The largest absolute Gasteiger partial charge is 0.459 e. The Morgan fingerprint density at radius 3 is 2.16 bits per heavy atom. The van der Waals surface area contributed by atoms with E-state index in [9.17, 15) is 28.8 Å². The van der Waals surface area contributed by atoms with Gasteiger partial charge in [0.25, 0.3) is 0 Å². The molecule has 6 saturated heterocycles. The number of benzene rings is 2. The fourth-order valence-electron chi connectivity index (χ4n) is 9.81. The topological polar surface area (TPSA) is 195 Å². The molecule has 5 amide bonds. The Balaban J connectivity index is 1.28. The summed E-state index contributed by atoms with van der Waals surface area (Å²) in [6.45, 7) is 6.50. The molecule has 0 aromatic heterocycles. The predicted octanol–water partition coefficient (Wildman–Crippen LogP) is 1.75. The quantitative estimate of drug-likeness (QED) is 0.326. The minimum Gasteiger partial charge on any atom is -0.459 e. The van der Waals surface area contributed by atoms with Crippen LogP contribution in [-0.2, 0) is 44.7 Å². The molecular weight excluding hydrogens is 837 g/mol. The van der Waals surface area contributed by atoms with E-state index in [-0.39, 0.29) is 38.1 Å². The van der Waals surface area contributed by atoms with Crippen LogP contribution in [0.25, 0.3) is 0 Å². The lowest BCUT2D eigenvalue weighted by atomic mass is 9.88. The molecule has 0 radical (unpaired) electrons. The molecule has 9 atom stereocenters. The third kappa shape index (κ3) is 10.3. The van der Waals surface area contributed by atoms with Crippen molar-refractivity contribution >= 4 is 58.7 Å². The summed E-state index contributed by atoms with van der Waals surface area (Å²) >= 11 is 1.76. The molecule has 2 aromatic rings. The van der Waals surface area contributed by atoms with Crippen molar-refractivity contribution in [1.82, 2.24) is 30.2 Å². The Labute approximate surface area is 380 Å². The van der Waals surface area contributed by atoms with E-state index >= 15 is 4.79 Å². The number of hydrogen-bond acceptors (Lipinski definition) is 12. The number of nitrogens with one attached hydrogen (secondary N) is 2. The van der Waals surface area contributed by atoms with Crippen molar-refractivity contribution < 1.29 is 38.3 Å². The molecule has 16 nitrogen and oxygen atoms in total. The number of hydrogen-bond donors (Lipinski definition) is 3. The molecule has 0 saturated carbocycles. The molecule has 0 aliphatic carbocycles. The van der Waals surface area contributed by atoms with Crippen LogP contribution in [0.3, 0.4) is 0 Å². The number of nitrogens with two attached hydrogens (primary N) is 1. The lowest BCUT2D eigenvalue weighted by molar-refractivity contribution is -0.157. The van der Waals surface area contributed by atoms with Crippen molar-refractivity contribution in [1.29, 1.82) is 0 Å². The molecule has 6 aliphatic heterocycles. The molecule has 2 bridgehead atoms. The van der Waals surface area contributed by atoms with E-state index in [1.165, 1.54) is 21.6 Å². The Morgan fingerprint density at radius 1 is 0.812 bits per heavy atom. The summed E-state index contributed by atoms with van der Waals surface area (Å²) in [4.78, 5) is 110. The molecule has 2 aromatic carbocycles. The van der Waals surface area contributed by atoms with Crippen molar-refractivity contribution in [3.63, 3.8) is 0 Å². The van der Waals surface area contributed by atoms with Crippen molar-refractivity contribution in [2.75, 3.05) is 64.5 Å². The number of esters is 1. The van der Waals surface area contributed by atoms with Crippen LogP contribution in [0.1, 0.15) is 69.5 Å². The highest BCUT2D eigenvalue weighted by atomic mass is 32.2. The van der Waals surface area contributed by atoms with E-state index in [4.69, 9.17) is 10.5 Å². The highest BCUT2D eigenvalue weighted by Gasteiger charge is 2.47. The van der Waals surface area contributed by atoms with Crippen LogP contribution in [0.2, 0.25) is 0 Å². The minimum absolute atomic E-state index is 0.0612. The third-order valence-electron chi connectivity index (χ3n) is 13.9. The number of rotatable bonds is 8. The van der Waals surface area contributed by atoms with E-state index in [0.717, 1.165) is 43.7 Å². The normalized spacial score (nSPS) is 32.2. The van der Waals surface area contributed by atoms with E-state index in [0.29, 0.717) is 35.3 Å². The zero-order valence-electron chi connectivity index (χ0n) is 37.6. The molecule has 6 fully saturated rings. The Kier molecular flexibility index (Phi) is 15.0. The molecule has 8 rings (SSSR count). The molecule has 64 heavy (non-hydrogen) atoms. The fourth-order valence-corrected chi connectivity index (χ4v) is 11.4. The van der Waals surface area contributed by atoms with Gasteiger partial charge in [-0.25, -0.2) is 4.79 Å². The van der Waals surface area contributed by atoms with Crippen LogP contribution in [-0.4, -0.2) is 162 Å².